The van der Waals surface area contributed by atoms with E-state index in [-0.39, 0.29) is 12.3 Å². The third-order valence-corrected chi connectivity index (χ3v) is 5.18. The van der Waals surface area contributed by atoms with Crippen molar-refractivity contribution < 1.29 is 34.6 Å². The van der Waals surface area contributed by atoms with E-state index in [2.05, 4.69) is 20.3 Å². The Morgan fingerprint density at radius 1 is 1.10 bits per heavy atom. The first-order valence-electron chi connectivity index (χ1n) is 9.46. The minimum Gasteiger partial charge on any atom is -0.507 e. The number of methoxy groups -OCH3 is 2. The quantitative estimate of drug-likeness (QED) is 0.334. The summed E-state index contributed by atoms with van der Waals surface area (Å²) < 4.78 is 17.5. The fraction of sp³-hybridized carbons (Fsp3) is 0.421. The van der Waals surface area contributed by atoms with Crippen LogP contribution in [0.5, 0.6) is 17.2 Å². The summed E-state index contributed by atoms with van der Waals surface area (Å²) >= 11 is 0. The first kappa shape index (κ1) is 21.1. The number of aliphatic hydroxyl groups is 3. The van der Waals surface area contributed by atoms with Gasteiger partial charge in [-0.3, -0.25) is 4.57 Å². The van der Waals surface area contributed by atoms with Gasteiger partial charge in [-0.15, -0.1) is 0 Å². The summed E-state index contributed by atoms with van der Waals surface area (Å²) in [5.41, 5.74) is 1.32. The van der Waals surface area contributed by atoms with Crippen molar-refractivity contribution in [2.75, 3.05) is 26.1 Å². The number of phenolic OH excluding ortho intramolecular Hbond substituents is 1. The van der Waals surface area contributed by atoms with Gasteiger partial charge in [-0.05, 0) is 6.07 Å². The van der Waals surface area contributed by atoms with Gasteiger partial charge in [-0.1, -0.05) is 0 Å². The molecule has 1 saturated heterocycles. The molecule has 166 valence electrons. The molecule has 1 aliphatic heterocycles. The number of phenols is 1. The zero-order valence-electron chi connectivity index (χ0n) is 16.8. The number of hydrogen-bond acceptors (Lipinski definition) is 11. The highest BCUT2D eigenvalue weighted by Gasteiger charge is 2.44. The highest BCUT2D eigenvalue weighted by Crippen LogP contribution is 2.35. The lowest BCUT2D eigenvalue weighted by Gasteiger charge is -2.16. The van der Waals surface area contributed by atoms with E-state index in [1.807, 2.05) is 0 Å². The molecule has 3 heterocycles. The predicted octanol–water partition coefficient (Wildman–Crippen LogP) is -0.227. The van der Waals surface area contributed by atoms with Crippen LogP contribution in [0.25, 0.3) is 11.2 Å². The molecule has 0 bridgehead atoms. The number of aromatic nitrogens is 4. The molecular weight excluding hydrogens is 410 g/mol. The standard InChI is InChI=1S/C19H23N5O7/c1-29-11-3-9(10(26)4-12(11)30-2)5-20-17-14-18(22-7-21-17)24(8-23-14)19-16(28)15(27)13(6-25)31-19/h3-4,7-8,13,15-16,19,25-28H,5-6H2,1-2H3,(H,20,21,22)/t13-,15-,16-,19-/m1/s1. The van der Waals surface area contributed by atoms with E-state index < -0.39 is 31.1 Å². The Morgan fingerprint density at radius 2 is 1.84 bits per heavy atom. The number of nitrogens with zero attached hydrogens (tertiary/aromatic N) is 4. The Balaban J connectivity index is 1.60. The van der Waals surface area contributed by atoms with Crippen LogP contribution in [0, 0.1) is 0 Å². The van der Waals surface area contributed by atoms with Crippen molar-refractivity contribution in [2.45, 2.75) is 31.1 Å². The number of anilines is 1. The van der Waals surface area contributed by atoms with Gasteiger partial charge in [0.15, 0.2) is 34.7 Å². The van der Waals surface area contributed by atoms with Gasteiger partial charge in [-0.2, -0.15) is 0 Å². The van der Waals surface area contributed by atoms with Crippen LogP contribution in [-0.4, -0.2) is 79.1 Å². The van der Waals surface area contributed by atoms with Crippen molar-refractivity contribution in [1.82, 2.24) is 19.5 Å². The highest BCUT2D eigenvalue weighted by atomic mass is 16.6. The van der Waals surface area contributed by atoms with Gasteiger partial charge >= 0.3 is 0 Å². The third-order valence-electron chi connectivity index (χ3n) is 5.18. The Bertz CT molecular complexity index is 1080. The molecule has 1 aromatic carbocycles. The van der Waals surface area contributed by atoms with Gasteiger partial charge in [0.1, 0.15) is 30.4 Å². The molecule has 5 N–H and O–H groups in total. The van der Waals surface area contributed by atoms with Gasteiger partial charge in [0, 0.05) is 18.2 Å². The zero-order valence-corrected chi connectivity index (χ0v) is 16.8. The molecule has 2 aromatic heterocycles. The van der Waals surface area contributed by atoms with E-state index in [4.69, 9.17) is 14.2 Å². The van der Waals surface area contributed by atoms with Gasteiger partial charge < -0.3 is 40.0 Å². The number of aliphatic hydroxyl groups excluding tert-OH is 3. The fourth-order valence-corrected chi connectivity index (χ4v) is 3.51. The first-order chi connectivity index (χ1) is 15.0. The number of ether oxygens (including phenoxy) is 3. The van der Waals surface area contributed by atoms with E-state index in [1.165, 1.54) is 37.5 Å². The van der Waals surface area contributed by atoms with Crippen LogP contribution in [0.3, 0.4) is 0 Å². The third kappa shape index (κ3) is 3.70. The molecular formula is C19H23N5O7. The number of fused-ring (bicyclic) bond motifs is 1. The maximum Gasteiger partial charge on any atom is 0.167 e. The average molecular weight is 433 g/mol. The first-order valence-corrected chi connectivity index (χ1v) is 9.46. The van der Waals surface area contributed by atoms with Crippen LogP contribution in [0.15, 0.2) is 24.8 Å². The fourth-order valence-electron chi connectivity index (χ4n) is 3.51. The van der Waals surface area contributed by atoms with Crippen molar-refractivity contribution in [3.63, 3.8) is 0 Å². The Morgan fingerprint density at radius 3 is 2.52 bits per heavy atom. The molecule has 12 heteroatoms. The second-order valence-electron chi connectivity index (χ2n) is 6.96. The topological polar surface area (TPSA) is 164 Å². The van der Waals surface area contributed by atoms with Crippen LogP contribution >= 0.6 is 0 Å². The predicted molar refractivity (Wildman–Crippen MR) is 107 cm³/mol. The summed E-state index contributed by atoms with van der Waals surface area (Å²) in [7, 11) is 2.99. The van der Waals surface area contributed by atoms with Crippen LogP contribution in [0.1, 0.15) is 11.8 Å². The minimum absolute atomic E-state index is 0.0208. The van der Waals surface area contributed by atoms with E-state index in [1.54, 1.807) is 6.07 Å². The molecule has 1 aliphatic rings. The molecule has 0 saturated carbocycles. The second-order valence-corrected chi connectivity index (χ2v) is 6.96. The SMILES string of the molecule is COc1cc(O)c(CNc2ncnc3c2ncn3[C@@H]2O[C@H](CO)[C@@H](O)[C@H]2O)cc1OC. The van der Waals surface area contributed by atoms with E-state index >= 15 is 0 Å². The molecule has 12 nitrogen and oxygen atoms in total. The van der Waals surface area contributed by atoms with Crippen LogP contribution < -0.4 is 14.8 Å². The highest BCUT2D eigenvalue weighted by molar-refractivity contribution is 5.82. The lowest BCUT2D eigenvalue weighted by Crippen LogP contribution is -2.33. The summed E-state index contributed by atoms with van der Waals surface area (Å²) in [5.74, 6) is 1.29. The molecule has 0 amide bonds. The molecule has 3 aromatic rings. The Hall–Kier alpha value is -3.19. The molecule has 0 spiro atoms. The lowest BCUT2D eigenvalue weighted by molar-refractivity contribution is -0.0511. The number of hydrogen-bond donors (Lipinski definition) is 5. The van der Waals surface area contributed by atoms with Crippen molar-refractivity contribution in [3.8, 4) is 17.2 Å². The van der Waals surface area contributed by atoms with Crippen LogP contribution in [-0.2, 0) is 11.3 Å². The summed E-state index contributed by atoms with van der Waals surface area (Å²) in [5, 5.41) is 43.0. The van der Waals surface area contributed by atoms with Crippen molar-refractivity contribution in [3.05, 3.63) is 30.4 Å². The summed E-state index contributed by atoms with van der Waals surface area (Å²) in [6.45, 7) is -0.225. The summed E-state index contributed by atoms with van der Waals surface area (Å²) in [4.78, 5) is 12.7. The van der Waals surface area contributed by atoms with Crippen molar-refractivity contribution in [1.29, 1.82) is 0 Å². The second kappa shape index (κ2) is 8.51. The summed E-state index contributed by atoms with van der Waals surface area (Å²) in [6.07, 6.45) is -1.64. The number of aromatic hydroxyl groups is 1. The molecule has 1 fully saturated rings. The average Bonchev–Trinajstić information content (AvgIpc) is 3.33. The minimum atomic E-state index is -1.26. The normalized spacial score (nSPS) is 23.3. The smallest absolute Gasteiger partial charge is 0.167 e. The van der Waals surface area contributed by atoms with E-state index in [0.29, 0.717) is 34.0 Å². The molecule has 0 aliphatic carbocycles. The number of nitrogens with one attached hydrogen (secondary N) is 1. The van der Waals surface area contributed by atoms with E-state index in [0.717, 1.165) is 0 Å². The summed E-state index contributed by atoms with van der Waals surface area (Å²) in [6, 6.07) is 3.11. The monoisotopic (exact) mass is 433 g/mol. The lowest BCUT2D eigenvalue weighted by atomic mass is 10.1. The Kier molecular flexibility index (Phi) is 5.78. The van der Waals surface area contributed by atoms with E-state index in [9.17, 15) is 20.4 Å². The Labute approximate surface area is 176 Å². The molecule has 4 atom stereocenters. The molecule has 0 unspecified atom stereocenters. The maximum atomic E-state index is 10.3. The van der Waals surface area contributed by atoms with Gasteiger partial charge in [-0.25, -0.2) is 15.0 Å². The molecule has 4 rings (SSSR count). The van der Waals surface area contributed by atoms with Crippen molar-refractivity contribution >= 4 is 17.0 Å². The van der Waals surface area contributed by atoms with Crippen molar-refractivity contribution in [2.24, 2.45) is 0 Å². The van der Waals surface area contributed by atoms with Crippen LogP contribution in [0.4, 0.5) is 5.82 Å². The van der Waals surface area contributed by atoms with Gasteiger partial charge in [0.25, 0.3) is 0 Å². The molecule has 0 radical (unpaired) electrons. The van der Waals surface area contributed by atoms with Crippen LogP contribution in [0.2, 0.25) is 0 Å². The largest absolute Gasteiger partial charge is 0.507 e. The van der Waals surface area contributed by atoms with Gasteiger partial charge in [0.2, 0.25) is 0 Å². The number of rotatable bonds is 7. The number of imidazole rings is 1. The zero-order chi connectivity index (χ0) is 22.1. The number of benzene rings is 1. The molecule has 31 heavy (non-hydrogen) atoms. The van der Waals surface area contributed by atoms with Gasteiger partial charge in [0.05, 0.1) is 27.2 Å². The maximum absolute atomic E-state index is 10.3.